The molecule has 0 saturated carbocycles. The van der Waals surface area contributed by atoms with Gasteiger partial charge in [0.15, 0.2) is 5.78 Å². The molecule has 1 aromatic carbocycles. The van der Waals surface area contributed by atoms with E-state index in [9.17, 15) is 9.59 Å². The Bertz CT molecular complexity index is 432. The van der Waals surface area contributed by atoms with Crippen LogP contribution >= 0.6 is 28.6 Å². The lowest BCUT2D eigenvalue weighted by Gasteiger charge is -2.08. The van der Waals surface area contributed by atoms with Crippen LogP contribution in [0.15, 0.2) is 23.1 Å². The summed E-state index contributed by atoms with van der Waals surface area (Å²) in [4.78, 5) is 24.2. The van der Waals surface area contributed by atoms with Gasteiger partial charge in [-0.1, -0.05) is 15.9 Å². The Morgan fingerprint density at radius 3 is 2.65 bits per heavy atom. The number of thiol groups is 1. The van der Waals surface area contributed by atoms with Crippen molar-refractivity contribution < 1.29 is 14.3 Å². The van der Waals surface area contributed by atoms with Crippen molar-refractivity contribution in [1.82, 2.24) is 0 Å². The van der Waals surface area contributed by atoms with Crippen molar-refractivity contribution >= 4 is 40.3 Å². The number of rotatable bonds is 5. The molecule has 0 aromatic heterocycles. The Labute approximate surface area is 114 Å². The molecule has 0 aliphatic rings. The number of carbonyl (C=O) groups excluding carboxylic acids is 2. The summed E-state index contributed by atoms with van der Waals surface area (Å²) in [5.74, 6) is -0.570. The van der Waals surface area contributed by atoms with E-state index in [4.69, 9.17) is 4.74 Å². The molecule has 0 heterocycles. The summed E-state index contributed by atoms with van der Waals surface area (Å²) < 4.78 is 4.91. The van der Waals surface area contributed by atoms with Crippen LogP contribution in [0.3, 0.4) is 0 Å². The van der Waals surface area contributed by atoms with Crippen LogP contribution in [-0.4, -0.2) is 23.7 Å². The number of carbonyl (C=O) groups is 2. The van der Waals surface area contributed by atoms with Gasteiger partial charge in [-0.05, 0) is 25.1 Å². The Hall–Kier alpha value is -0.810. The second kappa shape index (κ2) is 6.81. The van der Waals surface area contributed by atoms with Gasteiger partial charge in [0, 0.05) is 22.2 Å². The highest BCUT2D eigenvalue weighted by Gasteiger charge is 2.17. The number of hydrogen-bond acceptors (Lipinski definition) is 4. The molecule has 0 aliphatic heterocycles. The van der Waals surface area contributed by atoms with Crippen molar-refractivity contribution in [3.63, 3.8) is 0 Å². The zero-order valence-corrected chi connectivity index (χ0v) is 11.9. The van der Waals surface area contributed by atoms with Crippen LogP contribution < -0.4 is 0 Å². The number of halogens is 1. The Morgan fingerprint density at radius 2 is 2.06 bits per heavy atom. The molecular formula is C12H13BrO3S. The molecule has 17 heavy (non-hydrogen) atoms. The lowest BCUT2D eigenvalue weighted by Crippen LogP contribution is -2.12. The standard InChI is InChI=1S/C12H13BrO3S/c1-2-16-12(15)9-4-3-8(17)7-10(9)11(14)5-6-13/h3-4,7,17H,2,5-6H2,1H3. The van der Waals surface area contributed by atoms with E-state index < -0.39 is 5.97 Å². The van der Waals surface area contributed by atoms with Crippen molar-refractivity contribution in [2.75, 3.05) is 11.9 Å². The molecule has 1 rings (SSSR count). The molecule has 92 valence electrons. The Morgan fingerprint density at radius 1 is 1.35 bits per heavy atom. The molecule has 3 nitrogen and oxygen atoms in total. The molecule has 0 aliphatic carbocycles. The van der Waals surface area contributed by atoms with Gasteiger partial charge in [0.25, 0.3) is 0 Å². The average Bonchev–Trinajstić information content (AvgIpc) is 2.29. The van der Waals surface area contributed by atoms with Crippen molar-refractivity contribution in [2.45, 2.75) is 18.2 Å². The molecule has 0 spiro atoms. The number of ether oxygens (including phenoxy) is 1. The van der Waals surface area contributed by atoms with Crippen LogP contribution in [-0.2, 0) is 4.74 Å². The van der Waals surface area contributed by atoms with E-state index in [-0.39, 0.29) is 12.4 Å². The van der Waals surface area contributed by atoms with Crippen molar-refractivity contribution in [1.29, 1.82) is 0 Å². The summed E-state index contributed by atoms with van der Waals surface area (Å²) in [6.07, 6.45) is 0.337. The third-order valence-corrected chi connectivity index (χ3v) is 2.80. The fourth-order valence-corrected chi connectivity index (χ4v) is 1.93. The fraction of sp³-hybridized carbons (Fsp3) is 0.333. The largest absolute Gasteiger partial charge is 0.462 e. The van der Waals surface area contributed by atoms with Gasteiger partial charge >= 0.3 is 5.97 Å². The summed E-state index contributed by atoms with van der Waals surface area (Å²) in [6.45, 7) is 2.01. The monoisotopic (exact) mass is 316 g/mol. The highest BCUT2D eigenvalue weighted by Crippen LogP contribution is 2.18. The molecule has 0 fully saturated rings. The van der Waals surface area contributed by atoms with Crippen molar-refractivity contribution in [3.05, 3.63) is 29.3 Å². The number of Topliss-reactive ketones (excluding diaryl/α,β-unsaturated/α-hetero) is 1. The van der Waals surface area contributed by atoms with Gasteiger partial charge in [-0.25, -0.2) is 4.79 Å². The number of esters is 1. The van der Waals surface area contributed by atoms with Crippen molar-refractivity contribution in [3.8, 4) is 0 Å². The van der Waals surface area contributed by atoms with Crippen LogP contribution in [0.5, 0.6) is 0 Å². The van der Waals surface area contributed by atoms with E-state index in [1.807, 2.05) is 0 Å². The lowest BCUT2D eigenvalue weighted by molar-refractivity contribution is 0.0523. The SMILES string of the molecule is CCOC(=O)c1ccc(S)cc1C(=O)CCBr. The van der Waals surface area contributed by atoms with Gasteiger partial charge in [0.2, 0.25) is 0 Å². The summed E-state index contributed by atoms with van der Waals surface area (Å²) in [5, 5.41) is 0.560. The maximum Gasteiger partial charge on any atom is 0.338 e. The molecule has 0 bridgehead atoms. The summed E-state index contributed by atoms with van der Waals surface area (Å²) in [7, 11) is 0. The Kier molecular flexibility index (Phi) is 5.71. The van der Waals surface area contributed by atoms with E-state index in [1.165, 1.54) is 0 Å². The molecule has 0 amide bonds. The second-order valence-electron chi connectivity index (χ2n) is 3.31. The van der Waals surface area contributed by atoms with Crippen LogP contribution in [0, 0.1) is 0 Å². The van der Waals surface area contributed by atoms with E-state index in [1.54, 1.807) is 25.1 Å². The predicted octanol–water partition coefficient (Wildman–Crippen LogP) is 3.12. The smallest absolute Gasteiger partial charge is 0.338 e. The topological polar surface area (TPSA) is 43.4 Å². The third kappa shape index (κ3) is 3.85. The molecule has 0 N–H and O–H groups in total. The predicted molar refractivity (Wildman–Crippen MR) is 72.4 cm³/mol. The van der Waals surface area contributed by atoms with Gasteiger partial charge in [-0.15, -0.1) is 12.6 Å². The van der Waals surface area contributed by atoms with Crippen LogP contribution in [0.2, 0.25) is 0 Å². The first-order valence-electron chi connectivity index (χ1n) is 5.19. The highest BCUT2D eigenvalue weighted by molar-refractivity contribution is 9.09. The fourth-order valence-electron chi connectivity index (χ4n) is 1.37. The first-order valence-corrected chi connectivity index (χ1v) is 6.76. The van der Waals surface area contributed by atoms with Crippen LogP contribution in [0.4, 0.5) is 0 Å². The molecular weight excluding hydrogens is 304 g/mol. The summed E-state index contributed by atoms with van der Waals surface area (Å²) >= 11 is 7.37. The third-order valence-electron chi connectivity index (χ3n) is 2.12. The number of alkyl halides is 1. The van der Waals surface area contributed by atoms with Gasteiger partial charge in [-0.2, -0.15) is 0 Å². The van der Waals surface area contributed by atoms with Crippen LogP contribution in [0.25, 0.3) is 0 Å². The maximum absolute atomic E-state index is 11.9. The Balaban J connectivity index is 3.11. The summed E-state index contributed by atoms with van der Waals surface area (Å²) in [6, 6.07) is 4.84. The lowest BCUT2D eigenvalue weighted by atomic mass is 10.0. The molecule has 1 aromatic rings. The molecule has 5 heteroatoms. The van der Waals surface area contributed by atoms with Crippen LogP contribution in [0.1, 0.15) is 34.1 Å². The molecule has 0 saturated heterocycles. The van der Waals surface area contributed by atoms with Crippen molar-refractivity contribution in [2.24, 2.45) is 0 Å². The molecule has 0 radical (unpaired) electrons. The summed E-state index contributed by atoms with van der Waals surface area (Å²) in [5.41, 5.74) is 0.672. The normalized spacial score (nSPS) is 10.1. The van der Waals surface area contributed by atoms with E-state index >= 15 is 0 Å². The minimum absolute atomic E-state index is 0.0965. The quantitative estimate of drug-likeness (QED) is 0.393. The first-order chi connectivity index (χ1) is 8.10. The molecule has 0 atom stereocenters. The second-order valence-corrected chi connectivity index (χ2v) is 4.62. The van der Waals surface area contributed by atoms with E-state index in [0.29, 0.717) is 27.8 Å². The van der Waals surface area contributed by atoms with E-state index in [0.717, 1.165) is 0 Å². The zero-order valence-electron chi connectivity index (χ0n) is 9.40. The van der Waals surface area contributed by atoms with Gasteiger partial charge in [0.1, 0.15) is 0 Å². The highest BCUT2D eigenvalue weighted by atomic mass is 79.9. The maximum atomic E-state index is 11.9. The first kappa shape index (κ1) is 14.3. The van der Waals surface area contributed by atoms with Gasteiger partial charge in [0.05, 0.1) is 12.2 Å². The number of hydrogen-bond donors (Lipinski definition) is 1. The number of ketones is 1. The minimum Gasteiger partial charge on any atom is -0.462 e. The zero-order chi connectivity index (χ0) is 12.8. The van der Waals surface area contributed by atoms with E-state index in [2.05, 4.69) is 28.6 Å². The average molecular weight is 317 g/mol. The van der Waals surface area contributed by atoms with Gasteiger partial charge in [-0.3, -0.25) is 4.79 Å². The minimum atomic E-state index is -0.473. The van der Waals surface area contributed by atoms with Gasteiger partial charge < -0.3 is 4.74 Å². The molecule has 0 unspecified atom stereocenters. The number of benzene rings is 1.